The summed E-state index contributed by atoms with van der Waals surface area (Å²) in [6.45, 7) is 0.662. The van der Waals surface area contributed by atoms with E-state index >= 15 is 0 Å². The van der Waals surface area contributed by atoms with Gasteiger partial charge in [-0.1, -0.05) is 30.3 Å². The standard InChI is InChI=1S/C17H18N6O2/c1-25-15-9-7-14(8-10-15)23-16(20-21-22-23)12-19-17(24)18-11-13-5-3-2-4-6-13/h2-10H,11-12H2,1H3,(H2,18,19,24). The molecule has 8 heteroatoms. The SMILES string of the molecule is COc1ccc(-n2nnnc2CNC(=O)NCc2ccccc2)cc1. The summed E-state index contributed by atoms with van der Waals surface area (Å²) in [6.07, 6.45) is 0. The van der Waals surface area contributed by atoms with Gasteiger partial charge in [-0.25, -0.2) is 4.79 Å². The molecule has 0 fully saturated rings. The van der Waals surface area contributed by atoms with E-state index < -0.39 is 0 Å². The van der Waals surface area contributed by atoms with Crippen LogP contribution in [0.3, 0.4) is 0 Å². The lowest BCUT2D eigenvalue weighted by Crippen LogP contribution is -2.35. The highest BCUT2D eigenvalue weighted by molar-refractivity contribution is 5.73. The molecule has 0 atom stereocenters. The Kier molecular flexibility index (Phi) is 5.20. The maximum absolute atomic E-state index is 11.9. The Balaban J connectivity index is 1.56. The van der Waals surface area contributed by atoms with Crippen molar-refractivity contribution in [2.75, 3.05) is 7.11 Å². The van der Waals surface area contributed by atoms with Gasteiger partial charge in [0.05, 0.1) is 19.3 Å². The number of methoxy groups -OCH3 is 1. The lowest BCUT2D eigenvalue weighted by atomic mass is 10.2. The van der Waals surface area contributed by atoms with Crippen LogP contribution in [0.2, 0.25) is 0 Å². The molecule has 128 valence electrons. The van der Waals surface area contributed by atoms with Gasteiger partial charge in [0.15, 0.2) is 5.82 Å². The number of nitrogens with zero attached hydrogens (tertiary/aromatic N) is 4. The predicted molar refractivity (Wildman–Crippen MR) is 91.2 cm³/mol. The fraction of sp³-hybridized carbons (Fsp3) is 0.176. The van der Waals surface area contributed by atoms with Crippen LogP contribution in [0.4, 0.5) is 4.79 Å². The molecule has 3 rings (SSSR count). The highest BCUT2D eigenvalue weighted by Gasteiger charge is 2.10. The minimum atomic E-state index is -0.284. The van der Waals surface area contributed by atoms with E-state index in [9.17, 15) is 4.79 Å². The summed E-state index contributed by atoms with van der Waals surface area (Å²) in [5, 5.41) is 17.1. The van der Waals surface area contributed by atoms with Crippen LogP contribution in [-0.4, -0.2) is 33.3 Å². The third-order valence-electron chi connectivity index (χ3n) is 3.55. The fourth-order valence-corrected chi connectivity index (χ4v) is 2.24. The van der Waals surface area contributed by atoms with Gasteiger partial charge < -0.3 is 15.4 Å². The zero-order valence-electron chi connectivity index (χ0n) is 13.7. The first-order chi connectivity index (χ1) is 12.3. The Morgan fingerprint density at radius 2 is 1.76 bits per heavy atom. The molecule has 0 saturated carbocycles. The number of rotatable bonds is 6. The molecule has 25 heavy (non-hydrogen) atoms. The Bertz CT molecular complexity index is 817. The number of ether oxygens (including phenoxy) is 1. The highest BCUT2D eigenvalue weighted by atomic mass is 16.5. The molecule has 0 saturated heterocycles. The number of aromatic nitrogens is 4. The van der Waals surface area contributed by atoms with Crippen LogP contribution in [0.25, 0.3) is 5.69 Å². The van der Waals surface area contributed by atoms with Gasteiger partial charge in [0.2, 0.25) is 0 Å². The maximum atomic E-state index is 11.9. The molecule has 0 aliphatic heterocycles. The molecule has 1 heterocycles. The highest BCUT2D eigenvalue weighted by Crippen LogP contribution is 2.14. The van der Waals surface area contributed by atoms with Crippen molar-refractivity contribution in [3.05, 3.63) is 66.0 Å². The van der Waals surface area contributed by atoms with Crippen LogP contribution < -0.4 is 15.4 Å². The minimum Gasteiger partial charge on any atom is -0.497 e. The summed E-state index contributed by atoms with van der Waals surface area (Å²) < 4.78 is 6.70. The molecular weight excluding hydrogens is 320 g/mol. The number of hydrogen-bond donors (Lipinski definition) is 2. The molecule has 0 radical (unpaired) electrons. The average Bonchev–Trinajstić information content (AvgIpc) is 3.14. The number of urea groups is 1. The number of benzene rings is 2. The van der Waals surface area contributed by atoms with Gasteiger partial charge in [-0.2, -0.15) is 4.68 Å². The molecule has 1 aromatic heterocycles. The quantitative estimate of drug-likeness (QED) is 0.713. The Morgan fingerprint density at radius 1 is 1.04 bits per heavy atom. The minimum absolute atomic E-state index is 0.208. The third kappa shape index (κ3) is 4.31. The summed E-state index contributed by atoms with van der Waals surface area (Å²) in [5.41, 5.74) is 1.81. The van der Waals surface area contributed by atoms with E-state index in [1.807, 2.05) is 54.6 Å². The van der Waals surface area contributed by atoms with Crippen molar-refractivity contribution in [3.8, 4) is 11.4 Å². The van der Waals surface area contributed by atoms with Gasteiger partial charge in [0, 0.05) is 6.54 Å². The monoisotopic (exact) mass is 338 g/mol. The van der Waals surface area contributed by atoms with Crippen LogP contribution in [0.1, 0.15) is 11.4 Å². The summed E-state index contributed by atoms with van der Waals surface area (Å²) in [6, 6.07) is 16.7. The van der Waals surface area contributed by atoms with Crippen molar-refractivity contribution in [2.45, 2.75) is 13.1 Å². The van der Waals surface area contributed by atoms with Crippen molar-refractivity contribution >= 4 is 6.03 Å². The molecule has 2 N–H and O–H groups in total. The van der Waals surface area contributed by atoms with Crippen molar-refractivity contribution in [1.29, 1.82) is 0 Å². The normalized spacial score (nSPS) is 10.3. The Morgan fingerprint density at radius 3 is 2.48 bits per heavy atom. The average molecular weight is 338 g/mol. The summed E-state index contributed by atoms with van der Waals surface area (Å²) in [5.74, 6) is 1.27. The van der Waals surface area contributed by atoms with Crippen molar-refractivity contribution in [2.24, 2.45) is 0 Å². The molecule has 0 aliphatic carbocycles. The first-order valence-corrected chi connectivity index (χ1v) is 7.73. The topological polar surface area (TPSA) is 94.0 Å². The van der Waals surface area contributed by atoms with Crippen molar-refractivity contribution in [1.82, 2.24) is 30.8 Å². The smallest absolute Gasteiger partial charge is 0.315 e. The second-order valence-corrected chi connectivity index (χ2v) is 5.23. The molecular formula is C17H18N6O2. The molecule has 0 unspecified atom stereocenters. The van der Waals surface area contributed by atoms with Crippen LogP contribution in [0, 0.1) is 0 Å². The van der Waals surface area contributed by atoms with E-state index in [0.29, 0.717) is 12.4 Å². The molecule has 0 bridgehead atoms. The van der Waals surface area contributed by atoms with Crippen LogP contribution >= 0.6 is 0 Å². The van der Waals surface area contributed by atoms with E-state index in [0.717, 1.165) is 17.0 Å². The zero-order chi connectivity index (χ0) is 17.5. The van der Waals surface area contributed by atoms with Gasteiger partial charge in [0.25, 0.3) is 0 Å². The Labute approximate surface area is 144 Å². The largest absolute Gasteiger partial charge is 0.497 e. The van der Waals surface area contributed by atoms with Gasteiger partial charge in [0.1, 0.15) is 5.75 Å². The number of amides is 2. The molecule has 8 nitrogen and oxygen atoms in total. The van der Waals surface area contributed by atoms with E-state index in [1.165, 1.54) is 0 Å². The first-order valence-electron chi connectivity index (χ1n) is 7.73. The van der Waals surface area contributed by atoms with Gasteiger partial charge in [-0.3, -0.25) is 0 Å². The van der Waals surface area contributed by atoms with Crippen molar-refractivity contribution < 1.29 is 9.53 Å². The summed E-state index contributed by atoms with van der Waals surface area (Å²) in [7, 11) is 1.61. The number of hydrogen-bond acceptors (Lipinski definition) is 5. The molecule has 0 spiro atoms. The zero-order valence-corrected chi connectivity index (χ0v) is 13.7. The summed E-state index contributed by atoms with van der Waals surface area (Å²) >= 11 is 0. The van der Waals surface area contributed by atoms with E-state index in [1.54, 1.807) is 11.8 Å². The molecule has 2 amide bonds. The molecule has 2 aromatic carbocycles. The lowest BCUT2D eigenvalue weighted by Gasteiger charge is -2.08. The number of nitrogens with one attached hydrogen (secondary N) is 2. The predicted octanol–water partition coefficient (Wildman–Crippen LogP) is 1.67. The Hall–Kier alpha value is -3.42. The van der Waals surface area contributed by atoms with Crippen molar-refractivity contribution in [3.63, 3.8) is 0 Å². The van der Waals surface area contributed by atoms with Gasteiger partial charge in [-0.15, -0.1) is 5.10 Å². The third-order valence-corrected chi connectivity index (χ3v) is 3.55. The van der Waals surface area contributed by atoms with Gasteiger partial charge in [-0.05, 0) is 40.3 Å². The van der Waals surface area contributed by atoms with E-state index in [4.69, 9.17) is 4.74 Å². The van der Waals surface area contributed by atoms with Crippen LogP contribution in [0.15, 0.2) is 54.6 Å². The molecule has 3 aromatic rings. The van der Waals surface area contributed by atoms with Crippen LogP contribution in [-0.2, 0) is 13.1 Å². The fourth-order valence-electron chi connectivity index (χ4n) is 2.24. The lowest BCUT2D eigenvalue weighted by molar-refractivity contribution is 0.240. The summed E-state index contributed by atoms with van der Waals surface area (Å²) in [4.78, 5) is 11.9. The van der Waals surface area contributed by atoms with Gasteiger partial charge >= 0.3 is 6.03 Å². The second-order valence-electron chi connectivity index (χ2n) is 5.23. The second kappa shape index (κ2) is 7.91. The maximum Gasteiger partial charge on any atom is 0.315 e. The number of carbonyl (C=O) groups is 1. The number of carbonyl (C=O) groups excluding carboxylic acids is 1. The first kappa shape index (κ1) is 16.4. The van der Waals surface area contributed by atoms with Crippen LogP contribution in [0.5, 0.6) is 5.75 Å². The van der Waals surface area contributed by atoms with E-state index in [-0.39, 0.29) is 12.6 Å². The van der Waals surface area contributed by atoms with E-state index in [2.05, 4.69) is 26.2 Å². The molecule has 0 aliphatic rings. The number of tetrazole rings is 1.